The van der Waals surface area contributed by atoms with Crippen LogP contribution in [0.2, 0.25) is 5.02 Å². The summed E-state index contributed by atoms with van der Waals surface area (Å²) in [5.41, 5.74) is 2.59. The summed E-state index contributed by atoms with van der Waals surface area (Å²) in [6.45, 7) is 6.13. The van der Waals surface area contributed by atoms with Gasteiger partial charge in [0.25, 0.3) is 5.91 Å². The maximum Gasteiger partial charge on any atom is 0.256 e. The first kappa shape index (κ1) is 40.6. The number of aromatic nitrogens is 2. The number of rotatable bonds is 10. The van der Waals surface area contributed by atoms with Crippen LogP contribution in [0.1, 0.15) is 59.6 Å². The van der Waals surface area contributed by atoms with E-state index in [1.54, 1.807) is 17.2 Å². The second-order valence-electron chi connectivity index (χ2n) is 15.7. The number of benzene rings is 2. The molecule has 0 bridgehead atoms. The van der Waals surface area contributed by atoms with Crippen molar-refractivity contribution in [3.8, 4) is 0 Å². The van der Waals surface area contributed by atoms with Crippen LogP contribution in [-0.2, 0) is 20.9 Å². The molecular formula is C42H47ClFN9O5S. The monoisotopic (exact) mass is 843 g/mol. The van der Waals surface area contributed by atoms with Crippen molar-refractivity contribution in [1.29, 1.82) is 0 Å². The van der Waals surface area contributed by atoms with Gasteiger partial charge in [-0.15, -0.1) is 11.3 Å². The van der Waals surface area contributed by atoms with Crippen molar-refractivity contribution in [3.05, 3.63) is 93.8 Å². The Hall–Kier alpha value is -5.16. The number of nitrogens with one attached hydrogen (secondary N) is 2. The number of piperidine rings is 2. The molecule has 0 unspecified atom stereocenters. The molecule has 1 atom stereocenters. The van der Waals surface area contributed by atoms with Crippen molar-refractivity contribution in [2.45, 2.75) is 50.2 Å². The Kier molecular flexibility index (Phi) is 12.1. The van der Waals surface area contributed by atoms with Crippen LogP contribution >= 0.6 is 22.9 Å². The third-order valence-corrected chi connectivity index (χ3v) is 12.8. The normalized spacial score (nSPS) is 20.1. The van der Waals surface area contributed by atoms with Crippen LogP contribution in [0.5, 0.6) is 0 Å². The minimum Gasteiger partial charge on any atom is -0.389 e. The van der Waals surface area contributed by atoms with Gasteiger partial charge in [0.2, 0.25) is 17.7 Å². The Bertz CT molecular complexity index is 2170. The Morgan fingerprint density at radius 3 is 2.32 bits per heavy atom. The zero-order chi connectivity index (χ0) is 41.1. The van der Waals surface area contributed by atoms with Crippen molar-refractivity contribution in [1.82, 2.24) is 30.0 Å². The number of nitrogens with zero attached hydrogens (tertiary/aromatic N) is 7. The number of hydrogen-bond donors (Lipinski definition) is 3. The number of anilines is 4. The highest BCUT2D eigenvalue weighted by Crippen LogP contribution is 2.33. The molecule has 17 heteroatoms. The zero-order valence-electron chi connectivity index (χ0n) is 32.6. The number of halogens is 2. The van der Waals surface area contributed by atoms with Gasteiger partial charge in [0.05, 0.1) is 34.2 Å². The predicted octanol–water partition coefficient (Wildman–Crippen LogP) is 4.62. The Morgan fingerprint density at radius 2 is 1.63 bits per heavy atom. The molecule has 310 valence electrons. The van der Waals surface area contributed by atoms with Crippen LogP contribution in [0, 0.1) is 5.82 Å². The number of piperazine rings is 2. The number of imide groups is 1. The van der Waals surface area contributed by atoms with E-state index in [0.717, 1.165) is 27.8 Å². The van der Waals surface area contributed by atoms with Crippen molar-refractivity contribution in [2.75, 3.05) is 80.6 Å². The van der Waals surface area contributed by atoms with Crippen LogP contribution < -0.4 is 20.4 Å². The Morgan fingerprint density at radius 1 is 0.915 bits per heavy atom. The highest BCUT2D eigenvalue weighted by atomic mass is 35.5. The van der Waals surface area contributed by atoms with Gasteiger partial charge in [0.1, 0.15) is 5.82 Å². The first-order valence-electron chi connectivity index (χ1n) is 20.1. The van der Waals surface area contributed by atoms with E-state index in [0.29, 0.717) is 103 Å². The quantitative estimate of drug-likeness (QED) is 0.192. The van der Waals surface area contributed by atoms with Crippen molar-refractivity contribution >= 4 is 68.9 Å². The summed E-state index contributed by atoms with van der Waals surface area (Å²) in [4.78, 5) is 70.0. The van der Waals surface area contributed by atoms with Crippen molar-refractivity contribution in [3.63, 3.8) is 0 Å². The van der Waals surface area contributed by atoms with Crippen molar-refractivity contribution in [2.24, 2.45) is 0 Å². The SMILES string of the molecule is O=C1CC[C@@H](c2ccc(N3CCC(O)(CC(=O)N4CCN(c5cc(CN6CCN(C(=O)c7cccc(Cl)c7F)CC6)nc(Nc6nccs6)c5)CC4)CC3)cc2)C(=O)N1. The van der Waals surface area contributed by atoms with Crippen LogP contribution in [0.3, 0.4) is 0 Å². The maximum atomic E-state index is 14.6. The molecule has 4 fully saturated rings. The molecule has 14 nitrogen and oxygen atoms in total. The summed E-state index contributed by atoms with van der Waals surface area (Å²) in [7, 11) is 0. The number of aliphatic hydroxyl groups is 1. The smallest absolute Gasteiger partial charge is 0.256 e. The third kappa shape index (κ3) is 9.51. The number of carbonyl (C=O) groups is 4. The molecule has 0 saturated carbocycles. The largest absolute Gasteiger partial charge is 0.389 e. The Labute approximate surface area is 350 Å². The minimum atomic E-state index is -1.09. The predicted molar refractivity (Wildman–Crippen MR) is 224 cm³/mol. The molecule has 59 heavy (non-hydrogen) atoms. The molecule has 2 aromatic heterocycles. The van der Waals surface area contributed by atoms with Gasteiger partial charge in [0, 0.05) is 107 Å². The highest BCUT2D eigenvalue weighted by Gasteiger charge is 2.37. The van der Waals surface area contributed by atoms with Crippen LogP contribution in [0.15, 0.2) is 66.2 Å². The molecule has 4 aliphatic rings. The number of carbonyl (C=O) groups excluding carboxylic acids is 4. The first-order chi connectivity index (χ1) is 28.5. The molecule has 8 rings (SSSR count). The summed E-state index contributed by atoms with van der Waals surface area (Å²) >= 11 is 7.41. The first-order valence-corrected chi connectivity index (χ1v) is 21.3. The number of thiazole rings is 1. The molecule has 4 aliphatic heterocycles. The fraction of sp³-hybridized carbons (Fsp3) is 0.429. The van der Waals surface area contributed by atoms with Gasteiger partial charge in [0.15, 0.2) is 10.9 Å². The molecule has 6 heterocycles. The van der Waals surface area contributed by atoms with E-state index in [4.69, 9.17) is 16.6 Å². The van der Waals surface area contributed by atoms with Gasteiger partial charge in [-0.3, -0.25) is 29.4 Å². The molecule has 0 aliphatic carbocycles. The lowest BCUT2D eigenvalue weighted by atomic mass is 9.87. The summed E-state index contributed by atoms with van der Waals surface area (Å²) < 4.78 is 14.6. The van der Waals surface area contributed by atoms with Gasteiger partial charge in [-0.05, 0) is 55.2 Å². The lowest BCUT2D eigenvalue weighted by Gasteiger charge is -2.41. The highest BCUT2D eigenvalue weighted by molar-refractivity contribution is 7.13. The zero-order valence-corrected chi connectivity index (χ0v) is 34.2. The molecule has 4 saturated heterocycles. The second-order valence-corrected chi connectivity index (χ2v) is 17.0. The third-order valence-electron chi connectivity index (χ3n) is 11.8. The molecule has 0 radical (unpaired) electrons. The van der Waals surface area contributed by atoms with E-state index in [1.165, 1.54) is 23.5 Å². The fourth-order valence-corrected chi connectivity index (χ4v) is 9.08. The second kappa shape index (κ2) is 17.6. The average molecular weight is 844 g/mol. The number of amides is 4. The molecule has 4 amide bonds. The van der Waals surface area contributed by atoms with Gasteiger partial charge in [-0.2, -0.15) is 0 Å². The van der Waals surface area contributed by atoms with Gasteiger partial charge in [-0.1, -0.05) is 29.8 Å². The molecular weight excluding hydrogens is 797 g/mol. The average Bonchev–Trinajstić information content (AvgIpc) is 3.75. The lowest BCUT2D eigenvalue weighted by molar-refractivity contribution is -0.138. The summed E-state index contributed by atoms with van der Waals surface area (Å²) in [5.74, 6) is -1.27. The van der Waals surface area contributed by atoms with Crippen LogP contribution in [0.25, 0.3) is 0 Å². The molecule has 2 aromatic carbocycles. The lowest BCUT2D eigenvalue weighted by Crippen LogP contribution is -2.52. The van der Waals surface area contributed by atoms with Crippen molar-refractivity contribution < 1.29 is 28.7 Å². The van der Waals surface area contributed by atoms with Gasteiger partial charge in [-0.25, -0.2) is 14.4 Å². The van der Waals surface area contributed by atoms with Crippen LogP contribution in [-0.4, -0.2) is 124 Å². The molecule has 3 N–H and O–H groups in total. The van der Waals surface area contributed by atoms with Gasteiger partial charge >= 0.3 is 0 Å². The van der Waals surface area contributed by atoms with Gasteiger partial charge < -0.3 is 30.0 Å². The number of hydrogen-bond acceptors (Lipinski definition) is 12. The van der Waals surface area contributed by atoms with E-state index >= 15 is 0 Å². The Balaban J connectivity index is 0.843. The maximum absolute atomic E-state index is 14.6. The van der Waals surface area contributed by atoms with E-state index < -0.39 is 11.4 Å². The number of pyridine rings is 1. The van der Waals surface area contributed by atoms with E-state index in [9.17, 15) is 28.7 Å². The summed E-state index contributed by atoms with van der Waals surface area (Å²) in [6.07, 6.45) is 3.58. The van der Waals surface area contributed by atoms with E-state index in [2.05, 4.69) is 36.4 Å². The molecule has 4 aromatic rings. The molecule has 0 spiro atoms. The standard InChI is InChI=1S/C42H47ClFN9O5S/c43-34-3-1-2-33(38(34)44)40(57)53-17-15-49(16-18-53)27-29-24-31(25-35(46-29)47-41-45-12-23-59-41)51-19-21-52(22-20-51)37(55)26-42(58)10-13-50(14-11-42)30-6-4-28(5-7-30)32-8-9-36(54)48-39(32)56/h1-7,12,23-25,32,58H,8-11,13-22,26-27H2,(H,45,46,47)(H,48,54,56)/t32-/m0/s1. The minimum absolute atomic E-state index is 0.0224. The topological polar surface area (TPSA) is 155 Å². The van der Waals surface area contributed by atoms with E-state index in [-0.39, 0.29) is 46.6 Å². The van der Waals surface area contributed by atoms with E-state index in [1.807, 2.05) is 40.6 Å². The van der Waals surface area contributed by atoms with Crippen LogP contribution in [0.4, 0.5) is 26.7 Å². The fourth-order valence-electron chi connectivity index (χ4n) is 8.37. The summed E-state index contributed by atoms with van der Waals surface area (Å²) in [5, 5.41) is 19.8. The summed E-state index contributed by atoms with van der Waals surface area (Å²) in [6, 6.07) is 16.4.